The maximum atomic E-state index is 6.34. The predicted octanol–water partition coefficient (Wildman–Crippen LogP) is 4.44. The van der Waals surface area contributed by atoms with E-state index in [9.17, 15) is 0 Å². The summed E-state index contributed by atoms with van der Waals surface area (Å²) in [5, 5.41) is 0.651. The first-order chi connectivity index (χ1) is 10.2. The van der Waals surface area contributed by atoms with Gasteiger partial charge in [0, 0.05) is 15.1 Å². The second-order valence-corrected chi connectivity index (χ2v) is 5.97. The molecule has 3 nitrogen and oxygen atoms in total. The van der Waals surface area contributed by atoms with E-state index in [0.717, 1.165) is 27.8 Å². The van der Waals surface area contributed by atoms with Crippen LogP contribution in [0.15, 0.2) is 46.9 Å². The van der Waals surface area contributed by atoms with Gasteiger partial charge in [0.15, 0.2) is 0 Å². The fraction of sp³-hybridized carbons (Fsp3) is 0.250. The highest BCUT2D eigenvalue weighted by Gasteiger charge is 2.19. The van der Waals surface area contributed by atoms with Crippen molar-refractivity contribution in [1.82, 2.24) is 5.43 Å². The minimum absolute atomic E-state index is 0.223. The molecular formula is C16H18BrClN2O. The first-order valence-electron chi connectivity index (χ1n) is 6.80. The van der Waals surface area contributed by atoms with Crippen LogP contribution in [-0.2, 0) is 0 Å². The summed E-state index contributed by atoms with van der Waals surface area (Å²) in [6.07, 6.45) is 0.952. The van der Waals surface area contributed by atoms with Gasteiger partial charge in [0.05, 0.1) is 12.6 Å². The largest absolute Gasteiger partial charge is 0.493 e. The van der Waals surface area contributed by atoms with Gasteiger partial charge in [-0.2, -0.15) is 0 Å². The number of hydrogen-bond donors (Lipinski definition) is 2. The molecule has 3 N–H and O–H groups in total. The summed E-state index contributed by atoms with van der Waals surface area (Å²) < 4.78 is 6.74. The molecule has 0 radical (unpaired) electrons. The predicted molar refractivity (Wildman–Crippen MR) is 90.5 cm³/mol. The highest BCUT2D eigenvalue weighted by Crippen LogP contribution is 2.34. The molecule has 2 aromatic rings. The molecule has 0 heterocycles. The first-order valence-corrected chi connectivity index (χ1v) is 7.97. The minimum atomic E-state index is -0.223. The minimum Gasteiger partial charge on any atom is -0.493 e. The summed E-state index contributed by atoms with van der Waals surface area (Å²) in [6, 6.07) is 13.4. The Labute approximate surface area is 138 Å². The van der Waals surface area contributed by atoms with Crippen molar-refractivity contribution < 1.29 is 4.74 Å². The third-order valence-corrected chi connectivity index (χ3v) is 3.95. The van der Waals surface area contributed by atoms with Crippen LogP contribution in [0.25, 0.3) is 0 Å². The second kappa shape index (κ2) is 7.80. The van der Waals surface area contributed by atoms with Gasteiger partial charge in [0.2, 0.25) is 0 Å². The third-order valence-electron chi connectivity index (χ3n) is 3.13. The molecule has 0 bridgehead atoms. The summed E-state index contributed by atoms with van der Waals surface area (Å²) in [7, 11) is 0. The number of benzene rings is 2. The van der Waals surface area contributed by atoms with E-state index in [2.05, 4.69) is 28.3 Å². The van der Waals surface area contributed by atoms with Crippen LogP contribution in [0.2, 0.25) is 5.02 Å². The maximum Gasteiger partial charge on any atom is 0.124 e. The molecule has 0 aliphatic heterocycles. The van der Waals surface area contributed by atoms with Crippen LogP contribution < -0.4 is 16.0 Å². The van der Waals surface area contributed by atoms with Crippen molar-refractivity contribution in [3.8, 4) is 5.75 Å². The van der Waals surface area contributed by atoms with E-state index < -0.39 is 0 Å². The zero-order chi connectivity index (χ0) is 15.2. The van der Waals surface area contributed by atoms with Crippen LogP contribution >= 0.6 is 27.5 Å². The molecule has 1 atom stereocenters. The Hall–Kier alpha value is -1.07. The van der Waals surface area contributed by atoms with Gasteiger partial charge in [-0.05, 0) is 30.2 Å². The zero-order valence-electron chi connectivity index (χ0n) is 11.8. The standard InChI is InChI=1S/C16H18BrClN2O/c1-2-9-21-15-6-4-3-5-13(15)16(20-19)12-8-7-11(17)10-14(12)18/h3-8,10,16,20H,2,9,19H2,1H3. The Kier molecular flexibility index (Phi) is 6.06. The smallest absolute Gasteiger partial charge is 0.124 e. The monoisotopic (exact) mass is 368 g/mol. The Balaban J connectivity index is 2.41. The van der Waals surface area contributed by atoms with Crippen LogP contribution in [0.4, 0.5) is 0 Å². The highest BCUT2D eigenvalue weighted by atomic mass is 79.9. The molecule has 0 saturated carbocycles. The van der Waals surface area contributed by atoms with Crippen molar-refractivity contribution in [1.29, 1.82) is 0 Å². The van der Waals surface area contributed by atoms with Crippen LogP contribution in [-0.4, -0.2) is 6.61 Å². The average Bonchev–Trinajstić information content (AvgIpc) is 2.49. The van der Waals surface area contributed by atoms with Gasteiger partial charge in [-0.3, -0.25) is 5.84 Å². The molecule has 0 aliphatic carbocycles. The number of hydrazine groups is 1. The number of halogens is 2. The topological polar surface area (TPSA) is 47.3 Å². The quantitative estimate of drug-likeness (QED) is 0.584. The molecule has 0 saturated heterocycles. The fourth-order valence-electron chi connectivity index (χ4n) is 2.15. The first kappa shape index (κ1) is 16.3. The molecule has 0 fully saturated rings. The number of nitrogens with one attached hydrogen (secondary N) is 1. The summed E-state index contributed by atoms with van der Waals surface area (Å²) >= 11 is 9.75. The van der Waals surface area contributed by atoms with Gasteiger partial charge < -0.3 is 4.74 Å². The van der Waals surface area contributed by atoms with Gasteiger partial charge in [0.25, 0.3) is 0 Å². The molecule has 5 heteroatoms. The van der Waals surface area contributed by atoms with E-state index in [0.29, 0.717) is 11.6 Å². The van der Waals surface area contributed by atoms with Crippen molar-refractivity contribution >= 4 is 27.5 Å². The zero-order valence-corrected chi connectivity index (χ0v) is 14.1. The molecular weight excluding hydrogens is 352 g/mol. The van der Waals surface area contributed by atoms with E-state index in [1.807, 2.05) is 42.5 Å². The van der Waals surface area contributed by atoms with Crippen molar-refractivity contribution in [3.63, 3.8) is 0 Å². The van der Waals surface area contributed by atoms with Crippen LogP contribution in [0.3, 0.4) is 0 Å². The van der Waals surface area contributed by atoms with Gasteiger partial charge in [-0.25, -0.2) is 5.43 Å². The number of para-hydroxylation sites is 1. The Morgan fingerprint density at radius 2 is 2.00 bits per heavy atom. The van der Waals surface area contributed by atoms with E-state index in [4.69, 9.17) is 22.2 Å². The molecule has 0 amide bonds. The van der Waals surface area contributed by atoms with E-state index >= 15 is 0 Å². The summed E-state index contributed by atoms with van der Waals surface area (Å²) in [5.41, 5.74) is 4.71. The lowest BCUT2D eigenvalue weighted by Gasteiger charge is -2.21. The van der Waals surface area contributed by atoms with Crippen molar-refractivity contribution in [2.75, 3.05) is 6.61 Å². The molecule has 1 unspecified atom stereocenters. The fourth-order valence-corrected chi connectivity index (χ4v) is 2.93. The number of ether oxygens (including phenoxy) is 1. The number of hydrogen-bond acceptors (Lipinski definition) is 3. The van der Waals surface area contributed by atoms with Crippen molar-refractivity contribution in [3.05, 3.63) is 63.1 Å². The molecule has 112 valence electrons. The van der Waals surface area contributed by atoms with Crippen molar-refractivity contribution in [2.24, 2.45) is 5.84 Å². The lowest BCUT2D eigenvalue weighted by molar-refractivity contribution is 0.311. The average molecular weight is 370 g/mol. The lowest BCUT2D eigenvalue weighted by Crippen LogP contribution is -2.29. The SMILES string of the molecule is CCCOc1ccccc1C(NN)c1ccc(Br)cc1Cl. The Morgan fingerprint density at radius 3 is 2.67 bits per heavy atom. The molecule has 0 aliphatic rings. The van der Waals surface area contributed by atoms with Gasteiger partial charge >= 0.3 is 0 Å². The second-order valence-electron chi connectivity index (χ2n) is 4.65. The Bertz CT molecular complexity index is 607. The molecule has 0 aromatic heterocycles. The molecule has 2 rings (SSSR count). The molecule has 21 heavy (non-hydrogen) atoms. The summed E-state index contributed by atoms with van der Waals surface area (Å²) in [6.45, 7) is 2.75. The highest BCUT2D eigenvalue weighted by molar-refractivity contribution is 9.10. The molecule has 2 aromatic carbocycles. The lowest BCUT2D eigenvalue weighted by atomic mass is 9.98. The summed E-state index contributed by atoms with van der Waals surface area (Å²) in [5.74, 6) is 6.59. The van der Waals surface area contributed by atoms with Crippen molar-refractivity contribution in [2.45, 2.75) is 19.4 Å². The van der Waals surface area contributed by atoms with E-state index in [-0.39, 0.29) is 6.04 Å². The normalized spacial score (nSPS) is 12.2. The van der Waals surface area contributed by atoms with Crippen LogP contribution in [0, 0.1) is 0 Å². The maximum absolute atomic E-state index is 6.34. The van der Waals surface area contributed by atoms with Crippen LogP contribution in [0.5, 0.6) is 5.75 Å². The van der Waals surface area contributed by atoms with E-state index in [1.165, 1.54) is 0 Å². The van der Waals surface area contributed by atoms with Gasteiger partial charge in [-0.15, -0.1) is 0 Å². The number of rotatable bonds is 6. The third kappa shape index (κ3) is 3.98. The van der Waals surface area contributed by atoms with Gasteiger partial charge in [-0.1, -0.05) is 58.7 Å². The van der Waals surface area contributed by atoms with Gasteiger partial charge in [0.1, 0.15) is 5.75 Å². The summed E-state index contributed by atoms with van der Waals surface area (Å²) in [4.78, 5) is 0. The Morgan fingerprint density at radius 1 is 1.24 bits per heavy atom. The number of nitrogens with two attached hydrogens (primary N) is 1. The molecule has 0 spiro atoms. The van der Waals surface area contributed by atoms with E-state index in [1.54, 1.807) is 0 Å². The van der Waals surface area contributed by atoms with Crippen LogP contribution in [0.1, 0.15) is 30.5 Å².